The van der Waals surface area contributed by atoms with Crippen LogP contribution in [0.15, 0.2) is 15.9 Å². The van der Waals surface area contributed by atoms with Crippen LogP contribution in [-0.4, -0.2) is 43.0 Å². The first kappa shape index (κ1) is 15.5. The number of nitrogens with zero attached hydrogens (tertiary/aromatic N) is 4. The molecule has 8 heteroatoms. The topological polar surface area (TPSA) is 93.0 Å². The molecule has 8 nitrogen and oxygen atoms in total. The number of H-pyrrole nitrogens is 1. The van der Waals surface area contributed by atoms with Crippen molar-refractivity contribution in [1.82, 2.24) is 24.0 Å². The van der Waals surface area contributed by atoms with Crippen molar-refractivity contribution in [2.75, 3.05) is 13.1 Å². The highest BCUT2D eigenvalue weighted by Crippen LogP contribution is 2.12. The second-order valence-electron chi connectivity index (χ2n) is 5.86. The number of nitrogens with one attached hydrogen (secondary N) is 1. The van der Waals surface area contributed by atoms with Gasteiger partial charge in [-0.05, 0) is 19.3 Å². The molecule has 0 radical (unpaired) electrons. The Morgan fingerprint density at radius 2 is 2.04 bits per heavy atom. The van der Waals surface area contributed by atoms with Gasteiger partial charge in [-0.15, -0.1) is 0 Å². The molecule has 0 aliphatic carbocycles. The largest absolute Gasteiger partial charge is 0.343 e. The van der Waals surface area contributed by atoms with Crippen LogP contribution in [0.2, 0.25) is 0 Å². The van der Waals surface area contributed by atoms with Crippen molar-refractivity contribution in [3.8, 4) is 0 Å². The van der Waals surface area contributed by atoms with Crippen molar-refractivity contribution in [3.05, 3.63) is 27.2 Å². The number of carbonyl (C=O) groups excluding carboxylic acids is 1. The first-order valence-electron chi connectivity index (χ1n) is 8.07. The zero-order valence-electron chi connectivity index (χ0n) is 13.2. The van der Waals surface area contributed by atoms with Crippen LogP contribution in [-0.2, 0) is 17.9 Å². The Morgan fingerprint density at radius 3 is 2.74 bits per heavy atom. The van der Waals surface area contributed by atoms with Gasteiger partial charge in [-0.25, -0.2) is 9.78 Å². The lowest BCUT2D eigenvalue weighted by atomic mass is 10.3. The maximum Gasteiger partial charge on any atom is 0.330 e. The van der Waals surface area contributed by atoms with Gasteiger partial charge in [0.1, 0.15) is 5.65 Å². The van der Waals surface area contributed by atoms with Gasteiger partial charge in [0.05, 0.1) is 6.33 Å². The third kappa shape index (κ3) is 2.93. The molecule has 0 spiro atoms. The van der Waals surface area contributed by atoms with E-state index in [4.69, 9.17) is 0 Å². The Hall–Kier alpha value is -2.38. The molecule has 0 bridgehead atoms. The SMILES string of the molecule is CCCn1c(=O)[nH]c(=O)c2ncn(CCCN3CCCC3=O)c21. The van der Waals surface area contributed by atoms with Crippen LogP contribution in [0, 0.1) is 0 Å². The van der Waals surface area contributed by atoms with E-state index in [0.29, 0.717) is 31.7 Å². The van der Waals surface area contributed by atoms with Gasteiger partial charge in [0.2, 0.25) is 5.91 Å². The number of likely N-dealkylation sites (tertiary alicyclic amines) is 1. The fourth-order valence-corrected chi connectivity index (χ4v) is 3.11. The standard InChI is InChI=1S/C15H21N5O3/c1-2-6-20-14-12(13(22)17-15(20)23)16-10-19(14)9-4-8-18-7-3-5-11(18)21/h10H,2-9H2,1H3,(H,17,22,23). The number of carbonyl (C=O) groups is 1. The van der Waals surface area contributed by atoms with Crippen molar-refractivity contribution in [1.29, 1.82) is 0 Å². The molecule has 0 unspecified atom stereocenters. The maximum absolute atomic E-state index is 12.0. The van der Waals surface area contributed by atoms with E-state index in [1.807, 2.05) is 16.4 Å². The summed E-state index contributed by atoms with van der Waals surface area (Å²) < 4.78 is 3.40. The van der Waals surface area contributed by atoms with Crippen molar-refractivity contribution in [3.63, 3.8) is 0 Å². The minimum atomic E-state index is -0.453. The number of aryl methyl sites for hydroxylation is 2. The molecule has 0 saturated carbocycles. The number of rotatable bonds is 6. The highest BCUT2D eigenvalue weighted by atomic mass is 16.2. The van der Waals surface area contributed by atoms with E-state index < -0.39 is 11.2 Å². The molecule has 1 aliphatic rings. The molecule has 0 aromatic carbocycles. The van der Waals surface area contributed by atoms with Crippen molar-refractivity contribution in [2.45, 2.75) is 45.7 Å². The van der Waals surface area contributed by atoms with Crippen molar-refractivity contribution in [2.24, 2.45) is 0 Å². The predicted octanol–water partition coefficient (Wildman–Crippen LogP) is 0.309. The zero-order chi connectivity index (χ0) is 16.4. The molecular weight excluding hydrogens is 298 g/mol. The first-order chi connectivity index (χ1) is 11.1. The van der Waals surface area contributed by atoms with E-state index in [-0.39, 0.29) is 11.4 Å². The molecule has 23 heavy (non-hydrogen) atoms. The number of aromatic amines is 1. The van der Waals surface area contributed by atoms with E-state index in [0.717, 1.165) is 25.8 Å². The lowest BCUT2D eigenvalue weighted by Crippen LogP contribution is -2.31. The molecule has 3 rings (SSSR count). The summed E-state index contributed by atoms with van der Waals surface area (Å²) in [7, 11) is 0. The Morgan fingerprint density at radius 1 is 1.22 bits per heavy atom. The number of aromatic nitrogens is 4. The molecule has 124 valence electrons. The second kappa shape index (κ2) is 6.39. The molecule has 1 aliphatic heterocycles. The third-order valence-corrected chi connectivity index (χ3v) is 4.19. The van der Waals surface area contributed by atoms with Gasteiger partial charge in [-0.1, -0.05) is 6.92 Å². The summed E-state index contributed by atoms with van der Waals surface area (Å²) in [5.74, 6) is 0.208. The Balaban J connectivity index is 1.84. The van der Waals surface area contributed by atoms with Crippen molar-refractivity contribution < 1.29 is 4.79 Å². The maximum atomic E-state index is 12.0. The van der Waals surface area contributed by atoms with Crippen molar-refractivity contribution >= 4 is 17.1 Å². The monoisotopic (exact) mass is 319 g/mol. The quantitative estimate of drug-likeness (QED) is 0.829. The fourth-order valence-electron chi connectivity index (χ4n) is 3.11. The number of amides is 1. The van der Waals surface area contributed by atoms with Crippen LogP contribution in [0.3, 0.4) is 0 Å². The first-order valence-corrected chi connectivity index (χ1v) is 8.07. The summed E-state index contributed by atoms with van der Waals surface area (Å²) in [5, 5.41) is 0. The Bertz CT molecular complexity index is 832. The lowest BCUT2D eigenvalue weighted by Gasteiger charge is -2.16. The van der Waals surface area contributed by atoms with Crippen LogP contribution in [0.25, 0.3) is 11.2 Å². The minimum Gasteiger partial charge on any atom is -0.343 e. The number of imidazole rings is 1. The van der Waals surface area contributed by atoms with E-state index >= 15 is 0 Å². The smallest absolute Gasteiger partial charge is 0.330 e. The van der Waals surface area contributed by atoms with Crippen LogP contribution in [0.4, 0.5) is 0 Å². The highest BCUT2D eigenvalue weighted by molar-refractivity contribution is 5.78. The molecule has 2 aromatic heterocycles. The van der Waals surface area contributed by atoms with Gasteiger partial charge in [0.15, 0.2) is 5.52 Å². The van der Waals surface area contributed by atoms with Gasteiger partial charge in [-0.2, -0.15) is 0 Å². The van der Waals surface area contributed by atoms with Gasteiger partial charge < -0.3 is 9.47 Å². The summed E-state index contributed by atoms with van der Waals surface area (Å²) in [4.78, 5) is 43.9. The van der Waals surface area contributed by atoms with Gasteiger partial charge in [0, 0.05) is 32.6 Å². The molecule has 2 aromatic rings. The van der Waals surface area contributed by atoms with Gasteiger partial charge in [0.25, 0.3) is 5.56 Å². The van der Waals surface area contributed by atoms with E-state index in [9.17, 15) is 14.4 Å². The van der Waals surface area contributed by atoms with E-state index in [1.165, 1.54) is 0 Å². The summed E-state index contributed by atoms with van der Waals surface area (Å²) in [5.41, 5.74) is -0.00436. The average Bonchev–Trinajstić information content (AvgIpc) is 3.11. The number of fused-ring (bicyclic) bond motifs is 1. The summed E-state index contributed by atoms with van der Waals surface area (Å²) in [6.07, 6.45) is 4.72. The fraction of sp³-hybridized carbons (Fsp3) is 0.600. The highest BCUT2D eigenvalue weighted by Gasteiger charge is 2.19. The Kier molecular flexibility index (Phi) is 4.31. The normalized spacial score (nSPS) is 15.0. The van der Waals surface area contributed by atoms with Crippen LogP contribution in [0.1, 0.15) is 32.6 Å². The van der Waals surface area contributed by atoms with Crippen LogP contribution >= 0.6 is 0 Å². The minimum absolute atomic E-state index is 0.208. The summed E-state index contributed by atoms with van der Waals surface area (Å²) in [6.45, 7) is 4.64. The van der Waals surface area contributed by atoms with Gasteiger partial charge in [-0.3, -0.25) is 19.1 Å². The predicted molar refractivity (Wildman–Crippen MR) is 85.3 cm³/mol. The second-order valence-corrected chi connectivity index (χ2v) is 5.86. The molecule has 1 amide bonds. The lowest BCUT2D eigenvalue weighted by molar-refractivity contribution is -0.127. The van der Waals surface area contributed by atoms with E-state index in [1.54, 1.807) is 10.9 Å². The molecule has 1 saturated heterocycles. The van der Waals surface area contributed by atoms with Crippen LogP contribution in [0.5, 0.6) is 0 Å². The molecule has 1 fully saturated rings. The molecule has 3 heterocycles. The molecule has 0 atom stereocenters. The average molecular weight is 319 g/mol. The summed E-state index contributed by atoms with van der Waals surface area (Å²) >= 11 is 0. The summed E-state index contributed by atoms with van der Waals surface area (Å²) in [6, 6.07) is 0. The van der Waals surface area contributed by atoms with E-state index in [2.05, 4.69) is 9.97 Å². The number of hydrogen-bond acceptors (Lipinski definition) is 4. The molecular formula is C15H21N5O3. The van der Waals surface area contributed by atoms with Crippen LogP contribution < -0.4 is 11.2 Å². The molecule has 1 N–H and O–H groups in total. The Labute approximate surface area is 132 Å². The number of hydrogen-bond donors (Lipinski definition) is 1. The van der Waals surface area contributed by atoms with Gasteiger partial charge >= 0.3 is 5.69 Å². The zero-order valence-corrected chi connectivity index (χ0v) is 13.2. The third-order valence-electron chi connectivity index (χ3n) is 4.19.